The Kier molecular flexibility index (Phi) is 3.61. The van der Waals surface area contributed by atoms with Crippen LogP contribution in [0.4, 0.5) is 8.78 Å². The summed E-state index contributed by atoms with van der Waals surface area (Å²) in [6.45, 7) is 2.54. The first kappa shape index (κ1) is 13.0. The van der Waals surface area contributed by atoms with Crippen molar-refractivity contribution >= 4 is 5.91 Å². The Morgan fingerprint density at radius 2 is 2.11 bits per heavy atom. The molecule has 0 bridgehead atoms. The van der Waals surface area contributed by atoms with Gasteiger partial charge in [0.15, 0.2) is 11.6 Å². The minimum atomic E-state index is -0.907. The summed E-state index contributed by atoms with van der Waals surface area (Å²) >= 11 is 0. The zero-order chi connectivity index (χ0) is 13.3. The van der Waals surface area contributed by atoms with Crippen molar-refractivity contribution in [2.24, 2.45) is 5.73 Å². The second-order valence-corrected chi connectivity index (χ2v) is 4.57. The van der Waals surface area contributed by atoms with Crippen molar-refractivity contribution in [3.8, 4) is 0 Å². The number of hydrogen-bond donors (Lipinski definition) is 1. The second kappa shape index (κ2) is 5.02. The first-order chi connectivity index (χ1) is 8.54. The lowest BCUT2D eigenvalue weighted by Crippen LogP contribution is -2.33. The molecule has 0 saturated carbocycles. The van der Waals surface area contributed by atoms with E-state index in [1.54, 1.807) is 4.90 Å². The SMILES string of the molecule is CCCN1C(=O)CC(N)C1c1ccc(F)c(F)c1. The van der Waals surface area contributed by atoms with Gasteiger partial charge in [-0.25, -0.2) is 8.78 Å². The summed E-state index contributed by atoms with van der Waals surface area (Å²) in [7, 11) is 0. The molecule has 18 heavy (non-hydrogen) atoms. The van der Waals surface area contributed by atoms with Crippen molar-refractivity contribution in [1.29, 1.82) is 0 Å². The van der Waals surface area contributed by atoms with Crippen molar-refractivity contribution < 1.29 is 13.6 Å². The quantitative estimate of drug-likeness (QED) is 0.896. The van der Waals surface area contributed by atoms with Gasteiger partial charge < -0.3 is 10.6 Å². The molecule has 0 aromatic heterocycles. The van der Waals surface area contributed by atoms with Gasteiger partial charge in [0, 0.05) is 19.0 Å². The second-order valence-electron chi connectivity index (χ2n) is 4.57. The van der Waals surface area contributed by atoms with Crippen LogP contribution in [0, 0.1) is 11.6 Å². The van der Waals surface area contributed by atoms with Crippen molar-refractivity contribution in [3.63, 3.8) is 0 Å². The Labute approximate surface area is 105 Å². The van der Waals surface area contributed by atoms with Crippen molar-refractivity contribution in [2.45, 2.75) is 31.8 Å². The molecule has 98 valence electrons. The molecule has 1 aliphatic heterocycles. The standard InChI is InChI=1S/C13H16F2N2O/c1-2-5-17-12(18)7-11(16)13(17)8-3-4-9(14)10(15)6-8/h3-4,6,11,13H,2,5,7,16H2,1H3. The van der Waals surface area contributed by atoms with Crippen molar-refractivity contribution in [1.82, 2.24) is 4.90 Å². The zero-order valence-electron chi connectivity index (χ0n) is 10.2. The van der Waals surface area contributed by atoms with E-state index in [0.29, 0.717) is 12.1 Å². The van der Waals surface area contributed by atoms with E-state index < -0.39 is 11.6 Å². The molecule has 0 radical (unpaired) electrons. The van der Waals surface area contributed by atoms with Gasteiger partial charge in [-0.3, -0.25) is 4.79 Å². The third-order valence-corrected chi connectivity index (χ3v) is 3.22. The Bertz CT molecular complexity index is 464. The smallest absolute Gasteiger partial charge is 0.224 e. The number of rotatable bonds is 3. The molecule has 2 unspecified atom stereocenters. The third kappa shape index (κ3) is 2.22. The summed E-state index contributed by atoms with van der Waals surface area (Å²) < 4.78 is 26.2. The maximum absolute atomic E-state index is 13.3. The summed E-state index contributed by atoms with van der Waals surface area (Å²) in [6.07, 6.45) is 1.06. The van der Waals surface area contributed by atoms with Gasteiger partial charge >= 0.3 is 0 Å². The van der Waals surface area contributed by atoms with Crippen LogP contribution in [-0.2, 0) is 4.79 Å². The number of carbonyl (C=O) groups is 1. The maximum atomic E-state index is 13.3. The van der Waals surface area contributed by atoms with Crippen LogP contribution in [0.15, 0.2) is 18.2 Å². The van der Waals surface area contributed by atoms with Gasteiger partial charge in [-0.1, -0.05) is 13.0 Å². The zero-order valence-corrected chi connectivity index (χ0v) is 10.2. The van der Waals surface area contributed by atoms with Crippen LogP contribution in [0.2, 0.25) is 0 Å². The van der Waals surface area contributed by atoms with Gasteiger partial charge in [0.05, 0.1) is 6.04 Å². The van der Waals surface area contributed by atoms with E-state index >= 15 is 0 Å². The highest BCUT2D eigenvalue weighted by Gasteiger charge is 2.38. The van der Waals surface area contributed by atoms with Crippen molar-refractivity contribution in [2.75, 3.05) is 6.54 Å². The molecule has 1 aromatic carbocycles. The van der Waals surface area contributed by atoms with E-state index in [1.807, 2.05) is 6.92 Å². The van der Waals surface area contributed by atoms with E-state index in [9.17, 15) is 13.6 Å². The number of hydrogen-bond acceptors (Lipinski definition) is 2. The maximum Gasteiger partial charge on any atom is 0.224 e. The fourth-order valence-corrected chi connectivity index (χ4v) is 2.44. The minimum absolute atomic E-state index is 0.0286. The third-order valence-electron chi connectivity index (χ3n) is 3.22. The van der Waals surface area contributed by atoms with E-state index in [1.165, 1.54) is 6.07 Å². The summed E-state index contributed by atoms with van der Waals surface area (Å²) in [5.41, 5.74) is 6.49. The van der Waals surface area contributed by atoms with Gasteiger partial charge in [0.2, 0.25) is 5.91 Å². The molecule has 0 spiro atoms. The first-order valence-corrected chi connectivity index (χ1v) is 6.04. The molecule has 2 N–H and O–H groups in total. The molecule has 5 heteroatoms. The fourth-order valence-electron chi connectivity index (χ4n) is 2.44. The van der Waals surface area contributed by atoms with Gasteiger partial charge in [-0.2, -0.15) is 0 Å². The number of benzene rings is 1. The highest BCUT2D eigenvalue weighted by Crippen LogP contribution is 2.32. The molecular weight excluding hydrogens is 238 g/mol. The molecule has 1 aromatic rings. The lowest BCUT2D eigenvalue weighted by atomic mass is 10.0. The van der Waals surface area contributed by atoms with Gasteiger partial charge in [0.1, 0.15) is 0 Å². The molecule has 0 aliphatic carbocycles. The van der Waals surface area contributed by atoms with Gasteiger partial charge in [-0.15, -0.1) is 0 Å². The van der Waals surface area contributed by atoms with Crippen LogP contribution in [0.25, 0.3) is 0 Å². The van der Waals surface area contributed by atoms with E-state index in [2.05, 4.69) is 0 Å². The average molecular weight is 254 g/mol. The highest BCUT2D eigenvalue weighted by molar-refractivity contribution is 5.80. The number of halogens is 2. The summed E-state index contributed by atoms with van der Waals surface area (Å²) in [5.74, 6) is -1.83. The topological polar surface area (TPSA) is 46.3 Å². The Morgan fingerprint density at radius 1 is 1.39 bits per heavy atom. The average Bonchev–Trinajstić information content (AvgIpc) is 2.59. The Hall–Kier alpha value is -1.49. The van der Waals surface area contributed by atoms with Crippen LogP contribution in [0.5, 0.6) is 0 Å². The minimum Gasteiger partial charge on any atom is -0.334 e. The number of nitrogens with zero attached hydrogens (tertiary/aromatic N) is 1. The number of likely N-dealkylation sites (tertiary alicyclic amines) is 1. The fraction of sp³-hybridized carbons (Fsp3) is 0.462. The van der Waals surface area contributed by atoms with E-state index in [-0.39, 0.29) is 24.4 Å². The molecule has 1 fully saturated rings. The molecule has 1 saturated heterocycles. The first-order valence-electron chi connectivity index (χ1n) is 6.04. The van der Waals surface area contributed by atoms with Crippen LogP contribution < -0.4 is 5.73 Å². The number of carbonyl (C=O) groups excluding carboxylic acids is 1. The van der Waals surface area contributed by atoms with Crippen LogP contribution in [-0.4, -0.2) is 23.4 Å². The lowest BCUT2D eigenvalue weighted by Gasteiger charge is -2.27. The van der Waals surface area contributed by atoms with Gasteiger partial charge in [0.25, 0.3) is 0 Å². The summed E-state index contributed by atoms with van der Waals surface area (Å²) in [5, 5.41) is 0. The number of nitrogens with two attached hydrogens (primary N) is 1. The summed E-state index contributed by atoms with van der Waals surface area (Å²) in [4.78, 5) is 13.4. The predicted octanol–water partition coefficient (Wildman–Crippen LogP) is 1.98. The van der Waals surface area contributed by atoms with E-state index in [4.69, 9.17) is 5.73 Å². The molecule has 2 rings (SSSR count). The molecule has 3 nitrogen and oxygen atoms in total. The van der Waals surface area contributed by atoms with Crippen LogP contribution in [0.1, 0.15) is 31.4 Å². The highest BCUT2D eigenvalue weighted by atomic mass is 19.2. The molecular formula is C13H16F2N2O. The van der Waals surface area contributed by atoms with Crippen LogP contribution >= 0.6 is 0 Å². The largest absolute Gasteiger partial charge is 0.334 e. The van der Waals surface area contributed by atoms with Crippen molar-refractivity contribution in [3.05, 3.63) is 35.4 Å². The predicted molar refractivity (Wildman–Crippen MR) is 63.7 cm³/mol. The lowest BCUT2D eigenvalue weighted by molar-refractivity contribution is -0.129. The molecule has 1 aliphatic rings. The molecule has 1 heterocycles. The summed E-state index contributed by atoms with van der Waals surface area (Å²) in [6, 6.07) is 2.97. The Balaban J connectivity index is 2.34. The molecule has 2 atom stereocenters. The Morgan fingerprint density at radius 3 is 2.72 bits per heavy atom. The monoisotopic (exact) mass is 254 g/mol. The van der Waals surface area contributed by atoms with Crippen LogP contribution in [0.3, 0.4) is 0 Å². The normalized spacial score (nSPS) is 23.8. The van der Waals surface area contributed by atoms with E-state index in [0.717, 1.165) is 18.6 Å². The van der Waals surface area contributed by atoms with Gasteiger partial charge in [-0.05, 0) is 24.1 Å². The molecule has 1 amide bonds. The number of amides is 1.